The lowest BCUT2D eigenvalue weighted by Gasteiger charge is -2.24. The minimum atomic E-state index is -0.573. The first-order valence-corrected chi connectivity index (χ1v) is 11.5. The summed E-state index contributed by atoms with van der Waals surface area (Å²) >= 11 is 0. The molecule has 1 aliphatic heterocycles. The summed E-state index contributed by atoms with van der Waals surface area (Å²) in [6, 6.07) is 6.17. The monoisotopic (exact) mass is 462 g/mol. The Morgan fingerprint density at radius 3 is 2.76 bits per heavy atom. The van der Waals surface area contributed by atoms with Crippen LogP contribution in [0.1, 0.15) is 55.9 Å². The Balaban J connectivity index is 1.95. The van der Waals surface area contributed by atoms with Gasteiger partial charge in [-0.3, -0.25) is 5.41 Å². The van der Waals surface area contributed by atoms with Gasteiger partial charge in [0.2, 0.25) is 0 Å². The molecular formula is C26H31FN6O. The Morgan fingerprint density at radius 1 is 1.32 bits per heavy atom. The molecule has 1 atom stereocenters. The van der Waals surface area contributed by atoms with Gasteiger partial charge in [0.1, 0.15) is 11.9 Å². The second-order valence-electron chi connectivity index (χ2n) is 8.91. The molecule has 2 aromatic rings. The second-order valence-corrected chi connectivity index (χ2v) is 8.91. The van der Waals surface area contributed by atoms with Gasteiger partial charge >= 0.3 is 0 Å². The number of rotatable bonds is 5. The van der Waals surface area contributed by atoms with Crippen molar-refractivity contribution in [2.75, 3.05) is 19.3 Å². The summed E-state index contributed by atoms with van der Waals surface area (Å²) in [5, 5.41) is 24.2. The van der Waals surface area contributed by atoms with Crippen LogP contribution in [0.25, 0.3) is 5.70 Å². The van der Waals surface area contributed by atoms with Crippen molar-refractivity contribution in [1.82, 2.24) is 15.6 Å². The van der Waals surface area contributed by atoms with Crippen molar-refractivity contribution in [3.8, 4) is 5.75 Å². The molecule has 1 aromatic heterocycles. The first kappa shape index (κ1) is 23.5. The maximum atomic E-state index is 14.2. The standard InChI is InChI=1S/C26H31FN6O/c1-14(28)21-8-17(12-31-3)24(29)20-7-6-19(27)10-22(20)15(2)34-23-9-18(13-33-26(23)30)25(21)32-11-16-4-5-16/h6-7,9-10,12-13,15-16,28-29,31-32H,4-5,8,11H2,1-3H3,(H2,30,33)/b17-12-,25-21-,28-14?,29-24?. The third kappa shape index (κ3) is 4.95. The molecule has 0 spiro atoms. The van der Waals surface area contributed by atoms with Crippen molar-refractivity contribution in [1.29, 1.82) is 10.8 Å². The molecular weight excluding hydrogens is 431 g/mol. The number of allylic oxidation sites excluding steroid dienone is 2. The van der Waals surface area contributed by atoms with E-state index in [9.17, 15) is 4.39 Å². The quantitative estimate of drug-likeness (QED) is 0.417. The molecule has 1 saturated carbocycles. The van der Waals surface area contributed by atoms with Crippen LogP contribution >= 0.6 is 0 Å². The zero-order valence-corrected chi connectivity index (χ0v) is 19.8. The van der Waals surface area contributed by atoms with Crippen LogP contribution in [0.15, 0.2) is 47.8 Å². The van der Waals surface area contributed by atoms with E-state index in [1.165, 1.54) is 25.0 Å². The van der Waals surface area contributed by atoms with E-state index in [-0.39, 0.29) is 11.5 Å². The van der Waals surface area contributed by atoms with Gasteiger partial charge in [-0.15, -0.1) is 0 Å². The van der Waals surface area contributed by atoms with Crippen molar-refractivity contribution in [3.05, 3.63) is 70.3 Å². The number of halogens is 1. The van der Waals surface area contributed by atoms with Crippen molar-refractivity contribution in [2.45, 2.75) is 39.2 Å². The fourth-order valence-electron chi connectivity index (χ4n) is 4.15. The molecule has 34 heavy (non-hydrogen) atoms. The van der Waals surface area contributed by atoms with E-state index in [0.29, 0.717) is 40.5 Å². The van der Waals surface area contributed by atoms with E-state index >= 15 is 0 Å². The zero-order chi connectivity index (χ0) is 24.4. The van der Waals surface area contributed by atoms with Gasteiger partial charge in [0.15, 0.2) is 11.6 Å². The van der Waals surface area contributed by atoms with Crippen LogP contribution < -0.4 is 21.1 Å². The van der Waals surface area contributed by atoms with Gasteiger partial charge in [-0.2, -0.15) is 0 Å². The molecule has 1 aliphatic carbocycles. The van der Waals surface area contributed by atoms with Gasteiger partial charge in [-0.05, 0) is 62.4 Å². The van der Waals surface area contributed by atoms with E-state index in [1.54, 1.807) is 39.4 Å². The first-order valence-electron chi connectivity index (χ1n) is 11.5. The van der Waals surface area contributed by atoms with E-state index < -0.39 is 11.9 Å². The van der Waals surface area contributed by atoms with Crippen LogP contribution in [0.4, 0.5) is 10.2 Å². The predicted molar refractivity (Wildman–Crippen MR) is 134 cm³/mol. The van der Waals surface area contributed by atoms with Crippen LogP contribution in [0, 0.1) is 22.6 Å². The number of aromatic nitrogens is 1. The number of benzene rings is 1. The normalized spacial score (nSPS) is 21.7. The highest BCUT2D eigenvalue weighted by Crippen LogP contribution is 2.35. The molecule has 0 saturated heterocycles. The van der Waals surface area contributed by atoms with Crippen LogP contribution in [0.3, 0.4) is 0 Å². The predicted octanol–water partition coefficient (Wildman–Crippen LogP) is 4.57. The molecule has 0 radical (unpaired) electrons. The van der Waals surface area contributed by atoms with Crippen molar-refractivity contribution < 1.29 is 9.13 Å². The Bertz CT molecular complexity index is 1200. The lowest BCUT2D eigenvalue weighted by atomic mass is 9.89. The summed E-state index contributed by atoms with van der Waals surface area (Å²) < 4.78 is 20.4. The number of fused-ring (bicyclic) bond motifs is 3. The Kier molecular flexibility index (Phi) is 6.68. The number of nitrogens with one attached hydrogen (secondary N) is 4. The number of pyridine rings is 1. The number of nitrogens with zero attached hydrogens (tertiary/aromatic N) is 1. The number of anilines is 1. The topological polar surface area (TPSA) is 120 Å². The number of nitrogens with two attached hydrogens (primary N) is 1. The molecule has 1 unspecified atom stereocenters. The first-order chi connectivity index (χ1) is 16.3. The largest absolute Gasteiger partial charge is 0.482 e. The summed E-state index contributed by atoms with van der Waals surface area (Å²) in [7, 11) is 1.77. The van der Waals surface area contributed by atoms with Gasteiger partial charge < -0.3 is 26.5 Å². The lowest BCUT2D eigenvalue weighted by molar-refractivity contribution is 0.227. The number of hydrogen-bond acceptors (Lipinski definition) is 7. The van der Waals surface area contributed by atoms with Gasteiger partial charge in [-0.1, -0.05) is 0 Å². The fraction of sp³-hybridized carbons (Fsp3) is 0.346. The van der Waals surface area contributed by atoms with Crippen molar-refractivity contribution in [2.24, 2.45) is 5.92 Å². The molecule has 7 nitrogen and oxygen atoms in total. The fourth-order valence-corrected chi connectivity index (χ4v) is 4.15. The Morgan fingerprint density at radius 2 is 2.09 bits per heavy atom. The summed E-state index contributed by atoms with van der Waals surface area (Å²) in [4.78, 5) is 4.36. The average Bonchev–Trinajstić information content (AvgIpc) is 3.63. The molecule has 2 aliphatic rings. The van der Waals surface area contributed by atoms with E-state index in [1.807, 2.05) is 6.07 Å². The highest BCUT2D eigenvalue weighted by Gasteiger charge is 2.26. The van der Waals surface area contributed by atoms with Crippen LogP contribution in [-0.2, 0) is 0 Å². The van der Waals surface area contributed by atoms with Crippen LogP contribution in [0.2, 0.25) is 0 Å². The minimum absolute atomic E-state index is 0.228. The molecule has 0 amide bonds. The summed E-state index contributed by atoms with van der Waals surface area (Å²) in [6.07, 6.45) is 5.59. The van der Waals surface area contributed by atoms with E-state index in [2.05, 4.69) is 15.6 Å². The van der Waals surface area contributed by atoms with Gasteiger partial charge in [-0.25, -0.2) is 9.37 Å². The lowest BCUT2D eigenvalue weighted by Crippen LogP contribution is -2.22. The number of ether oxygens (including phenoxy) is 1. The second kappa shape index (κ2) is 9.67. The zero-order valence-electron chi connectivity index (χ0n) is 19.8. The van der Waals surface area contributed by atoms with Gasteiger partial charge in [0, 0.05) is 66.1 Å². The molecule has 4 rings (SSSR count). The third-order valence-corrected chi connectivity index (χ3v) is 6.22. The average molecular weight is 463 g/mol. The third-order valence-electron chi connectivity index (χ3n) is 6.22. The van der Waals surface area contributed by atoms with Gasteiger partial charge in [0.25, 0.3) is 0 Å². The number of hydrogen-bond donors (Lipinski definition) is 5. The summed E-state index contributed by atoms with van der Waals surface area (Å²) in [5.41, 5.74) is 10.9. The maximum Gasteiger partial charge on any atom is 0.166 e. The van der Waals surface area contributed by atoms with Gasteiger partial charge in [0.05, 0.1) is 5.71 Å². The highest BCUT2D eigenvalue weighted by molar-refractivity contribution is 6.13. The van der Waals surface area contributed by atoms with E-state index in [0.717, 1.165) is 23.4 Å². The van der Waals surface area contributed by atoms with Crippen molar-refractivity contribution >= 4 is 22.9 Å². The Hall–Kier alpha value is -3.68. The Labute approximate surface area is 199 Å². The summed E-state index contributed by atoms with van der Waals surface area (Å²) in [5.74, 6) is 0.818. The molecule has 1 aromatic carbocycles. The highest BCUT2D eigenvalue weighted by atomic mass is 19.1. The van der Waals surface area contributed by atoms with Crippen LogP contribution in [-0.4, -0.2) is 30.0 Å². The molecule has 6 N–H and O–H groups in total. The molecule has 1 fully saturated rings. The molecule has 2 heterocycles. The minimum Gasteiger partial charge on any atom is -0.482 e. The molecule has 2 bridgehead atoms. The summed E-state index contributed by atoms with van der Waals surface area (Å²) in [6.45, 7) is 4.35. The van der Waals surface area contributed by atoms with E-state index in [4.69, 9.17) is 21.3 Å². The smallest absolute Gasteiger partial charge is 0.166 e. The molecule has 8 heteroatoms. The molecule has 178 valence electrons. The van der Waals surface area contributed by atoms with Crippen LogP contribution in [0.5, 0.6) is 5.75 Å². The SMILES string of the molecule is CN/C=C1/C/C(C(C)=N)=C(/NCC2CC2)c2cnc(N)c(c2)OC(C)c2cc(F)ccc2C1=N. The van der Waals surface area contributed by atoms with Crippen molar-refractivity contribution in [3.63, 3.8) is 0 Å². The number of nitrogen functional groups attached to an aromatic ring is 1. The maximum absolute atomic E-state index is 14.2.